The molecule has 2 amide bonds. The molecule has 16 N–H and O–H groups in total. The summed E-state index contributed by atoms with van der Waals surface area (Å²) in [4.78, 5) is 123. The van der Waals surface area contributed by atoms with Crippen molar-refractivity contribution in [1.82, 2.24) is 13.6 Å². The molecule has 8 aromatic carbocycles. The number of ketones is 5. The number of aromatic nitrogens is 1. The van der Waals surface area contributed by atoms with Crippen LogP contribution in [0.5, 0.6) is 0 Å². The fourth-order valence-electron chi connectivity index (χ4n) is 14.7. The van der Waals surface area contributed by atoms with Gasteiger partial charge in [0.15, 0.2) is 17.3 Å². The van der Waals surface area contributed by atoms with Crippen LogP contribution < -0.4 is 43.2 Å². The molecule has 5 aliphatic rings. The predicted molar refractivity (Wildman–Crippen MR) is 543 cm³/mol. The molecule has 136 heavy (non-hydrogen) atoms. The lowest BCUT2D eigenvalue weighted by molar-refractivity contribution is -0.254. The number of allylic oxidation sites excluding steroid dienone is 6. The van der Waals surface area contributed by atoms with Crippen LogP contribution in [0.4, 0.5) is 39.8 Å². The molecule has 0 radical (unpaired) electrons. The van der Waals surface area contributed by atoms with Gasteiger partial charge >= 0.3 is 11.9 Å². The predicted octanol–water partition coefficient (Wildman–Crippen LogP) is 15.0. The number of aliphatic hydroxyl groups is 1. The number of carboxylic acid groups (broad SMARTS) is 1. The number of anilines is 6. The highest BCUT2D eigenvalue weighted by Crippen LogP contribution is 2.37. The number of benzene rings is 8. The smallest absolute Gasteiger partial charge is 0.337 e. The van der Waals surface area contributed by atoms with Crippen molar-refractivity contribution in [3.63, 3.8) is 0 Å². The standard InChI is InChI=1S/C25H30N4O4S.C13H18N2O4S.2C13H15NO.C13H14O.C12H15NO2.C8H14O3.C6H7N.C2H6O.2H2O/c1-16(2)19-15-24(30)27-22-9-7-17(13-20(19)22)26-25(31)21-14-18(34(32,33)28(3)4)8-10-23(21)29-11-5-6-12-29;1-14(2)20(18,19)10-5-6-12(11(9-10)13(16)17)15-7-3-4-8-15;2*1-8(2)12-7-11(15)5-9-3-4-10(14)6-13(9)12;1-9(2)13-8-11(14)7-10-5-3-4-6-12(10)13;1-9(2)11(14)8-12(15)13-10-6-4-3-5-7-10;1-4-11-8(10)5-7(9)6(2)3;7-6-4-2-1-3-5-6;1-2-3;;/h7-10,13-16H,5-6,11-12H2,1-4H3,(H,26,31)(H,27,30);5-6,9H,3-4,7-8H2,1-2H3,(H,16,17);2*3-4,6-8H,5,14H2,1-2H3;3-6,8-9H,7H2,1-2H3;3-7,9H,8H2,1-2H3,(H,13,15);6H,4-5H2,1-3H3;1-5H,7H2;3H,2H2,1H3;2*1H2/p+1. The first-order chi connectivity index (χ1) is 63.2. The maximum absolute atomic E-state index is 13.4. The highest BCUT2D eigenvalue weighted by Gasteiger charge is 2.29. The third kappa shape index (κ3) is 34.9. The normalized spacial score (nSPS) is 13.3. The summed E-state index contributed by atoms with van der Waals surface area (Å²) in [6, 6.07) is 54.6. The molecule has 2 fully saturated rings. The summed E-state index contributed by atoms with van der Waals surface area (Å²) >= 11 is 0. The van der Waals surface area contributed by atoms with Crippen molar-refractivity contribution in [2.45, 2.75) is 170 Å². The Balaban J connectivity index is 0.000000335. The number of hydrogen-bond donors (Lipinski definition) is 8. The van der Waals surface area contributed by atoms with Crippen molar-refractivity contribution in [3.8, 4) is 0 Å². The minimum atomic E-state index is -3.69. The molecule has 0 spiro atoms. The highest BCUT2D eigenvalue weighted by molar-refractivity contribution is 7.89. The number of para-hydroxylation sites is 2. The van der Waals surface area contributed by atoms with Crippen molar-refractivity contribution < 1.29 is 91.6 Å². The van der Waals surface area contributed by atoms with Gasteiger partial charge in [-0.3, -0.25) is 43.2 Å². The van der Waals surface area contributed by atoms with Gasteiger partial charge in [-0.15, -0.1) is 0 Å². The summed E-state index contributed by atoms with van der Waals surface area (Å²) in [5.41, 5.74) is 32.5. The number of Topliss-reactive ketones (excluding diaryl/α,β-unsaturated/α-hetero) is 2. The number of nitrogens with two attached hydrogens (primary N) is 2. The van der Waals surface area contributed by atoms with Crippen molar-refractivity contribution in [1.29, 1.82) is 0 Å². The van der Waals surface area contributed by atoms with Gasteiger partial charge in [-0.25, -0.2) is 30.2 Å². The van der Waals surface area contributed by atoms with E-state index in [1.807, 2.05) is 122 Å². The van der Waals surface area contributed by atoms with Crippen LogP contribution in [0.2, 0.25) is 0 Å². The molecule has 9 aromatic rings. The average molecular weight is 1910 g/mol. The molecule has 2 aliphatic heterocycles. The maximum atomic E-state index is 13.4. The number of aromatic carboxylic acids is 1. The fourth-order valence-corrected chi connectivity index (χ4v) is 16.5. The Hall–Kier alpha value is -12.7. The third-order valence-electron chi connectivity index (χ3n) is 21.9. The lowest BCUT2D eigenvalue weighted by Gasteiger charge is -2.22. The van der Waals surface area contributed by atoms with Crippen LogP contribution in [-0.4, -0.2) is 172 Å². The first kappa shape index (κ1) is 116. The molecule has 3 aliphatic carbocycles. The van der Waals surface area contributed by atoms with Crippen LogP contribution >= 0.6 is 0 Å². The Kier molecular flexibility index (Phi) is 47.0. The number of sulfonamides is 2. The van der Waals surface area contributed by atoms with Crippen LogP contribution in [0.25, 0.3) is 27.6 Å². The van der Waals surface area contributed by atoms with E-state index in [4.69, 9.17) is 16.6 Å². The van der Waals surface area contributed by atoms with E-state index >= 15 is 0 Å². The summed E-state index contributed by atoms with van der Waals surface area (Å²) in [5, 5.41) is 23.4. The molecule has 0 atom stereocenters. The molecule has 0 bridgehead atoms. The van der Waals surface area contributed by atoms with Gasteiger partial charge in [-0.05, 0) is 234 Å². The summed E-state index contributed by atoms with van der Waals surface area (Å²) in [6.07, 6.45) is 10.9. The molecule has 31 heteroatoms. The van der Waals surface area contributed by atoms with E-state index in [2.05, 4.69) is 84.7 Å². The number of aliphatic hydroxyl groups excluding tert-OH is 1. The number of carboxylic acids is 1. The second-order valence-electron chi connectivity index (χ2n) is 34.9. The van der Waals surface area contributed by atoms with Crippen LogP contribution in [0, 0.1) is 29.6 Å². The van der Waals surface area contributed by atoms with Crippen LogP contribution in [-0.2, 0) is 77.6 Å². The highest BCUT2D eigenvalue weighted by atomic mass is 32.2. The average Bonchev–Trinajstić information content (AvgIpc) is 1.29. The molecular formula is C105H139N10O19S2+. The SMILES string of the molecule is CC(C)C(=O)CC(=O)Nc1ccccc1.CC(C)C1=CC(=O)Cc2ccc(N)cc21.CC(C)C1=CC(=O)Cc2ccc([NH3+])cc21.CC(C)C1=CC(=O)Cc2ccccc21.CC(C)c1cc(=O)[nH]c2ccc(NC(=O)c3cc(S(=O)(=O)N(C)C)ccc3N3CCCC3)cc12.CCO.CCOC(=O)CC(=O)C(C)C.CN(C)S(=O)(=O)c1ccc(N2CCCC2)c(C(=O)O)c1.Nc1ccccc1.O.O. The molecule has 0 saturated carbocycles. The van der Waals surface area contributed by atoms with Crippen LogP contribution in [0.3, 0.4) is 0 Å². The number of nitrogens with zero attached hydrogens (tertiary/aromatic N) is 4. The minimum absolute atomic E-state index is 0. The van der Waals surface area contributed by atoms with Crippen molar-refractivity contribution in [2.75, 3.05) is 99.5 Å². The van der Waals surface area contributed by atoms with E-state index < -0.39 is 32.0 Å². The molecule has 1 aromatic heterocycles. The minimum Gasteiger partial charge on any atom is -0.478 e. The van der Waals surface area contributed by atoms with Crippen molar-refractivity contribution in [2.24, 2.45) is 29.6 Å². The van der Waals surface area contributed by atoms with E-state index in [0.29, 0.717) is 66.1 Å². The van der Waals surface area contributed by atoms with Crippen LogP contribution in [0.1, 0.15) is 201 Å². The zero-order chi connectivity index (χ0) is 99.6. The molecule has 3 heterocycles. The number of amides is 2. The number of rotatable bonds is 21. The second-order valence-corrected chi connectivity index (χ2v) is 39.2. The first-order valence-corrected chi connectivity index (χ1v) is 48.1. The molecule has 2 saturated heterocycles. The molecule has 14 rings (SSSR count). The van der Waals surface area contributed by atoms with Crippen LogP contribution in [0.15, 0.2) is 215 Å². The van der Waals surface area contributed by atoms with Gasteiger partial charge in [0.25, 0.3) is 5.91 Å². The molecule has 29 nitrogen and oxygen atoms in total. The molecular weight excluding hydrogens is 1770 g/mol. The monoisotopic (exact) mass is 1910 g/mol. The number of esters is 1. The largest absolute Gasteiger partial charge is 0.478 e. The number of carbonyl (C=O) groups excluding carboxylic acids is 8. The fraction of sp³-hybridized carbons (Fsp3) is 0.371. The summed E-state index contributed by atoms with van der Waals surface area (Å²) < 4.78 is 56.4. The van der Waals surface area contributed by atoms with Gasteiger partial charge < -0.3 is 68.5 Å². The summed E-state index contributed by atoms with van der Waals surface area (Å²) in [6.45, 7) is 31.0. The van der Waals surface area contributed by atoms with Crippen molar-refractivity contribution >= 4 is 140 Å². The molecule has 734 valence electrons. The zero-order valence-corrected chi connectivity index (χ0v) is 83.2. The quantitative estimate of drug-likeness (QED) is 0.0188. The number of H-pyrrole nitrogens is 1. The first-order valence-electron chi connectivity index (χ1n) is 45.2. The van der Waals surface area contributed by atoms with E-state index in [9.17, 15) is 69.9 Å². The zero-order valence-electron chi connectivity index (χ0n) is 81.6. The van der Waals surface area contributed by atoms with Gasteiger partial charge in [0, 0.05) is 144 Å². The number of nitrogen functional groups attached to an aromatic ring is 2. The lowest BCUT2D eigenvalue weighted by atomic mass is 9.84. The Labute approximate surface area is 800 Å². The van der Waals surface area contributed by atoms with Crippen molar-refractivity contribution in [3.05, 3.63) is 261 Å². The van der Waals surface area contributed by atoms with E-state index in [-0.39, 0.29) is 110 Å². The Bertz CT molecular complexity index is 5910. The van der Waals surface area contributed by atoms with Gasteiger partial charge in [-0.1, -0.05) is 156 Å². The maximum Gasteiger partial charge on any atom is 0.337 e. The van der Waals surface area contributed by atoms with Gasteiger partial charge in [0.1, 0.15) is 23.7 Å². The molecule has 0 unspecified atom stereocenters. The van der Waals surface area contributed by atoms with E-state index in [0.717, 1.165) is 128 Å². The second kappa shape index (κ2) is 55.3. The van der Waals surface area contributed by atoms with Gasteiger partial charge in [0.2, 0.25) is 31.5 Å². The Morgan fingerprint density at radius 3 is 1.35 bits per heavy atom. The number of fused-ring (bicyclic) bond motifs is 4. The lowest BCUT2D eigenvalue weighted by Crippen LogP contribution is -2.40. The van der Waals surface area contributed by atoms with E-state index in [1.165, 1.54) is 68.7 Å². The van der Waals surface area contributed by atoms with Gasteiger partial charge in [-0.2, -0.15) is 0 Å². The number of ether oxygens (including phenoxy) is 1. The number of pyridine rings is 1. The third-order valence-corrected chi connectivity index (χ3v) is 25.5. The number of quaternary nitrogens is 1. The summed E-state index contributed by atoms with van der Waals surface area (Å²) in [5.74, 6) is -0.527. The number of carbonyl (C=O) groups is 9. The Morgan fingerprint density at radius 2 is 0.904 bits per heavy atom. The van der Waals surface area contributed by atoms with E-state index in [1.54, 1.807) is 108 Å². The number of hydrogen-bond acceptors (Lipinski definition) is 20. The van der Waals surface area contributed by atoms with Gasteiger partial charge in [0.05, 0.1) is 39.6 Å². The number of nitrogens with one attached hydrogen (secondary N) is 3. The topological polar surface area (TPSA) is 484 Å². The summed E-state index contributed by atoms with van der Waals surface area (Å²) in [7, 11) is -1.54. The Morgan fingerprint density at radius 1 is 0.478 bits per heavy atom. The number of aromatic amines is 1.